The first-order valence-corrected chi connectivity index (χ1v) is 3.91. The molecule has 2 N–H and O–H groups in total. The molecule has 1 aromatic rings. The van der Waals surface area contributed by atoms with Crippen LogP contribution in [0, 0.1) is 0 Å². The molecule has 2 nitrogen and oxygen atoms in total. The maximum atomic E-state index is 12.4. The van der Waals surface area contributed by atoms with Crippen molar-refractivity contribution in [3.8, 4) is 0 Å². The molecule has 0 unspecified atom stereocenters. The molecule has 0 radical (unpaired) electrons. The maximum Gasteiger partial charge on any atom is 0.418 e. The zero-order valence-corrected chi connectivity index (χ0v) is 7.35. The third-order valence-electron chi connectivity index (χ3n) is 1.78. The summed E-state index contributed by atoms with van der Waals surface area (Å²) in [5.41, 5.74) is 1.96. The van der Waals surface area contributed by atoms with Crippen molar-refractivity contribution in [2.45, 2.75) is 19.1 Å². The average Bonchev–Trinajstić information content (AvgIpc) is 2.15. The van der Waals surface area contributed by atoms with Crippen molar-refractivity contribution in [2.24, 2.45) is 5.73 Å². The van der Waals surface area contributed by atoms with E-state index >= 15 is 0 Å². The molecule has 0 saturated heterocycles. The smallest absolute Gasteiger partial charge is 0.326 e. The van der Waals surface area contributed by atoms with Crippen molar-refractivity contribution in [3.63, 3.8) is 0 Å². The van der Waals surface area contributed by atoms with Crippen LogP contribution in [0.1, 0.15) is 23.2 Å². The molecule has 1 aromatic heterocycles. The number of pyridine rings is 1. The standard InChI is InChI=1S/C8H7F5N2/c9-7(10)6-5(8(11,12)13)4(3-14)1-2-15-6/h1-2,7H,3,14H2. The van der Waals surface area contributed by atoms with Crippen molar-refractivity contribution in [1.82, 2.24) is 4.98 Å². The molecule has 7 heteroatoms. The minimum atomic E-state index is -4.87. The van der Waals surface area contributed by atoms with Gasteiger partial charge in [0, 0.05) is 12.7 Å². The Morgan fingerprint density at radius 3 is 2.33 bits per heavy atom. The molecule has 0 aliphatic carbocycles. The molecule has 0 atom stereocenters. The summed E-state index contributed by atoms with van der Waals surface area (Å²) in [6.45, 7) is -0.461. The first kappa shape index (κ1) is 11.8. The fourth-order valence-corrected chi connectivity index (χ4v) is 1.18. The second kappa shape index (κ2) is 4.09. The largest absolute Gasteiger partial charge is 0.418 e. The van der Waals surface area contributed by atoms with Gasteiger partial charge in [-0.3, -0.25) is 4.98 Å². The average molecular weight is 226 g/mol. The quantitative estimate of drug-likeness (QED) is 0.787. The van der Waals surface area contributed by atoms with Gasteiger partial charge in [0.25, 0.3) is 6.43 Å². The SMILES string of the molecule is NCc1ccnc(C(F)F)c1C(F)(F)F. The summed E-state index contributed by atoms with van der Waals surface area (Å²) in [4.78, 5) is 3.03. The Bertz CT molecular complexity index is 347. The van der Waals surface area contributed by atoms with Gasteiger partial charge in [-0.05, 0) is 11.6 Å². The van der Waals surface area contributed by atoms with Crippen molar-refractivity contribution in [2.75, 3.05) is 0 Å². The molecular formula is C8H7F5N2. The van der Waals surface area contributed by atoms with Crippen LogP contribution >= 0.6 is 0 Å². The van der Waals surface area contributed by atoms with Crippen LogP contribution in [0.4, 0.5) is 22.0 Å². The van der Waals surface area contributed by atoms with E-state index in [0.29, 0.717) is 0 Å². The minimum absolute atomic E-state index is 0.382. The van der Waals surface area contributed by atoms with Crippen molar-refractivity contribution in [3.05, 3.63) is 29.1 Å². The van der Waals surface area contributed by atoms with E-state index in [1.54, 1.807) is 0 Å². The predicted molar refractivity (Wildman–Crippen MR) is 42.1 cm³/mol. The summed E-state index contributed by atoms with van der Waals surface area (Å²) < 4.78 is 61.8. The number of halogens is 5. The summed E-state index contributed by atoms with van der Waals surface area (Å²) in [7, 11) is 0. The molecule has 0 aromatic carbocycles. The van der Waals surface area contributed by atoms with E-state index in [0.717, 1.165) is 12.3 Å². The van der Waals surface area contributed by atoms with Crippen LogP contribution in [-0.2, 0) is 12.7 Å². The zero-order valence-electron chi connectivity index (χ0n) is 7.35. The molecule has 0 bridgehead atoms. The summed E-state index contributed by atoms with van der Waals surface area (Å²) in [6.07, 6.45) is -7.25. The van der Waals surface area contributed by atoms with Gasteiger partial charge in [0.2, 0.25) is 0 Å². The summed E-state index contributed by atoms with van der Waals surface area (Å²) in [5.74, 6) is 0. The lowest BCUT2D eigenvalue weighted by Crippen LogP contribution is -2.16. The Labute approximate surface area is 81.9 Å². The number of aromatic nitrogens is 1. The third kappa shape index (κ3) is 2.41. The highest BCUT2D eigenvalue weighted by atomic mass is 19.4. The number of nitrogens with two attached hydrogens (primary N) is 1. The van der Waals surface area contributed by atoms with Crippen LogP contribution in [0.3, 0.4) is 0 Å². The Morgan fingerprint density at radius 2 is 1.93 bits per heavy atom. The van der Waals surface area contributed by atoms with E-state index in [-0.39, 0.29) is 5.56 Å². The molecule has 1 heterocycles. The second-order valence-electron chi connectivity index (χ2n) is 2.73. The highest BCUT2D eigenvalue weighted by Crippen LogP contribution is 2.37. The fourth-order valence-electron chi connectivity index (χ4n) is 1.18. The van der Waals surface area contributed by atoms with Crippen LogP contribution in [0.15, 0.2) is 12.3 Å². The van der Waals surface area contributed by atoms with Gasteiger partial charge in [-0.15, -0.1) is 0 Å². The predicted octanol–water partition coefficient (Wildman–Crippen LogP) is 2.50. The molecule has 0 spiro atoms. The fraction of sp³-hybridized carbons (Fsp3) is 0.375. The topological polar surface area (TPSA) is 38.9 Å². The number of hydrogen-bond donors (Lipinski definition) is 1. The van der Waals surface area contributed by atoms with Crippen LogP contribution in [0.25, 0.3) is 0 Å². The monoisotopic (exact) mass is 226 g/mol. The van der Waals surface area contributed by atoms with Crippen LogP contribution in [-0.4, -0.2) is 4.98 Å². The molecular weight excluding hydrogens is 219 g/mol. The van der Waals surface area contributed by atoms with Gasteiger partial charge in [0.15, 0.2) is 0 Å². The number of alkyl halides is 5. The van der Waals surface area contributed by atoms with Gasteiger partial charge in [0.1, 0.15) is 5.69 Å². The van der Waals surface area contributed by atoms with Crippen LogP contribution in [0.5, 0.6) is 0 Å². The van der Waals surface area contributed by atoms with Crippen molar-refractivity contribution < 1.29 is 22.0 Å². The highest BCUT2D eigenvalue weighted by molar-refractivity contribution is 5.33. The summed E-state index contributed by atoms with van der Waals surface area (Å²) in [5, 5.41) is 0. The van der Waals surface area contributed by atoms with Crippen LogP contribution < -0.4 is 5.73 Å². The third-order valence-corrected chi connectivity index (χ3v) is 1.78. The van der Waals surface area contributed by atoms with Gasteiger partial charge in [-0.1, -0.05) is 0 Å². The number of hydrogen-bond acceptors (Lipinski definition) is 2. The Morgan fingerprint density at radius 1 is 1.33 bits per heavy atom. The molecule has 0 aliphatic heterocycles. The second-order valence-corrected chi connectivity index (χ2v) is 2.73. The Kier molecular flexibility index (Phi) is 3.23. The molecule has 15 heavy (non-hydrogen) atoms. The highest BCUT2D eigenvalue weighted by Gasteiger charge is 2.38. The van der Waals surface area contributed by atoms with Gasteiger partial charge in [-0.2, -0.15) is 13.2 Å². The first-order valence-electron chi connectivity index (χ1n) is 3.91. The van der Waals surface area contributed by atoms with E-state index in [2.05, 4.69) is 4.98 Å². The molecule has 1 rings (SSSR count). The van der Waals surface area contributed by atoms with Crippen molar-refractivity contribution >= 4 is 0 Å². The van der Waals surface area contributed by atoms with E-state index < -0.39 is 30.4 Å². The molecule has 0 fully saturated rings. The summed E-state index contributed by atoms with van der Waals surface area (Å²) in [6, 6.07) is 0.981. The van der Waals surface area contributed by atoms with Crippen molar-refractivity contribution in [1.29, 1.82) is 0 Å². The van der Waals surface area contributed by atoms with E-state index in [9.17, 15) is 22.0 Å². The van der Waals surface area contributed by atoms with E-state index in [1.807, 2.05) is 0 Å². The maximum absolute atomic E-state index is 12.4. The van der Waals surface area contributed by atoms with E-state index in [1.165, 1.54) is 0 Å². The lowest BCUT2D eigenvalue weighted by Gasteiger charge is -2.14. The zero-order chi connectivity index (χ0) is 11.6. The summed E-state index contributed by atoms with van der Waals surface area (Å²) >= 11 is 0. The molecule has 0 amide bonds. The van der Waals surface area contributed by atoms with E-state index in [4.69, 9.17) is 5.73 Å². The van der Waals surface area contributed by atoms with Crippen LogP contribution in [0.2, 0.25) is 0 Å². The number of nitrogens with zero attached hydrogens (tertiary/aromatic N) is 1. The lowest BCUT2D eigenvalue weighted by atomic mass is 10.1. The molecule has 84 valence electrons. The minimum Gasteiger partial charge on any atom is -0.326 e. The Balaban J connectivity index is 3.41. The van der Waals surface area contributed by atoms with Gasteiger partial charge < -0.3 is 5.73 Å². The normalized spacial score (nSPS) is 12.2. The number of rotatable bonds is 2. The molecule has 0 saturated carbocycles. The van der Waals surface area contributed by atoms with Gasteiger partial charge >= 0.3 is 6.18 Å². The Hall–Kier alpha value is -1.24. The van der Waals surface area contributed by atoms with Gasteiger partial charge in [-0.25, -0.2) is 8.78 Å². The lowest BCUT2D eigenvalue weighted by molar-refractivity contribution is -0.140. The van der Waals surface area contributed by atoms with Gasteiger partial charge in [0.05, 0.1) is 5.56 Å². The molecule has 0 aliphatic rings. The first-order chi connectivity index (χ1) is 6.88.